The van der Waals surface area contributed by atoms with Crippen molar-refractivity contribution >= 4 is 5.91 Å². The number of carbonyl (C=O) groups excluding carboxylic acids is 1. The molecular formula is C21H23N3O3. The SMILES string of the molecule is N#Cc1ccc(OCC(=O)N[C@H](CN2CCOCC2)c2ccccc2)cc1. The van der Waals surface area contributed by atoms with Gasteiger partial charge in [-0.15, -0.1) is 0 Å². The molecule has 0 aromatic heterocycles. The van der Waals surface area contributed by atoms with Crippen molar-refractivity contribution in [3.63, 3.8) is 0 Å². The molecule has 0 radical (unpaired) electrons. The van der Waals surface area contributed by atoms with Crippen LogP contribution < -0.4 is 10.1 Å². The number of ether oxygens (including phenoxy) is 2. The van der Waals surface area contributed by atoms with Crippen molar-refractivity contribution in [2.24, 2.45) is 0 Å². The fraction of sp³-hybridized carbons (Fsp3) is 0.333. The highest BCUT2D eigenvalue weighted by molar-refractivity contribution is 5.78. The average molecular weight is 365 g/mol. The van der Waals surface area contributed by atoms with Gasteiger partial charge < -0.3 is 14.8 Å². The third-order valence-corrected chi connectivity index (χ3v) is 4.43. The van der Waals surface area contributed by atoms with Crippen LogP contribution in [-0.2, 0) is 9.53 Å². The Morgan fingerprint density at radius 2 is 1.85 bits per heavy atom. The Bertz CT molecular complexity index is 766. The van der Waals surface area contributed by atoms with E-state index in [1.165, 1.54) is 0 Å². The predicted molar refractivity (Wildman–Crippen MR) is 101 cm³/mol. The fourth-order valence-electron chi connectivity index (χ4n) is 2.97. The minimum absolute atomic E-state index is 0.0711. The molecule has 0 unspecified atom stereocenters. The molecule has 0 spiro atoms. The first-order valence-electron chi connectivity index (χ1n) is 9.02. The number of nitrogens with zero attached hydrogens (tertiary/aromatic N) is 2. The summed E-state index contributed by atoms with van der Waals surface area (Å²) in [5, 5.41) is 11.9. The molecule has 1 amide bonds. The lowest BCUT2D eigenvalue weighted by Crippen LogP contribution is -2.44. The van der Waals surface area contributed by atoms with E-state index in [4.69, 9.17) is 14.7 Å². The number of hydrogen-bond acceptors (Lipinski definition) is 5. The fourth-order valence-corrected chi connectivity index (χ4v) is 2.97. The molecule has 0 saturated carbocycles. The molecule has 2 aromatic rings. The van der Waals surface area contributed by atoms with Gasteiger partial charge in [0.15, 0.2) is 6.61 Å². The summed E-state index contributed by atoms with van der Waals surface area (Å²) in [4.78, 5) is 14.7. The lowest BCUT2D eigenvalue weighted by molar-refractivity contribution is -0.124. The second-order valence-corrected chi connectivity index (χ2v) is 6.37. The Morgan fingerprint density at radius 3 is 2.52 bits per heavy atom. The highest BCUT2D eigenvalue weighted by atomic mass is 16.5. The van der Waals surface area contributed by atoms with Gasteiger partial charge in [-0.1, -0.05) is 30.3 Å². The van der Waals surface area contributed by atoms with Crippen LogP contribution in [0.3, 0.4) is 0 Å². The number of benzene rings is 2. The Hall–Kier alpha value is -2.88. The second-order valence-electron chi connectivity index (χ2n) is 6.37. The van der Waals surface area contributed by atoms with Gasteiger partial charge in [-0.05, 0) is 29.8 Å². The summed E-state index contributed by atoms with van der Waals surface area (Å²) in [5.41, 5.74) is 1.62. The van der Waals surface area contributed by atoms with Crippen molar-refractivity contribution in [1.29, 1.82) is 5.26 Å². The molecule has 1 fully saturated rings. The zero-order valence-corrected chi connectivity index (χ0v) is 15.1. The van der Waals surface area contributed by atoms with Crippen molar-refractivity contribution in [3.05, 3.63) is 65.7 Å². The topological polar surface area (TPSA) is 74.6 Å². The number of carbonyl (C=O) groups is 1. The Morgan fingerprint density at radius 1 is 1.15 bits per heavy atom. The van der Waals surface area contributed by atoms with Gasteiger partial charge in [0.1, 0.15) is 5.75 Å². The molecule has 140 valence electrons. The van der Waals surface area contributed by atoms with Crippen LogP contribution >= 0.6 is 0 Å². The summed E-state index contributed by atoms with van der Waals surface area (Å²) in [6.45, 7) is 3.82. The van der Waals surface area contributed by atoms with Crippen LogP contribution in [-0.4, -0.2) is 50.3 Å². The van der Waals surface area contributed by atoms with E-state index in [-0.39, 0.29) is 18.6 Å². The smallest absolute Gasteiger partial charge is 0.258 e. The number of nitrogens with one attached hydrogen (secondary N) is 1. The maximum absolute atomic E-state index is 12.4. The Kier molecular flexibility index (Phi) is 6.80. The van der Waals surface area contributed by atoms with E-state index < -0.39 is 0 Å². The first-order chi connectivity index (χ1) is 13.2. The molecule has 0 bridgehead atoms. The summed E-state index contributed by atoms with van der Waals surface area (Å²) >= 11 is 0. The quantitative estimate of drug-likeness (QED) is 0.814. The molecular weight excluding hydrogens is 342 g/mol. The minimum Gasteiger partial charge on any atom is -0.484 e. The van der Waals surface area contributed by atoms with Gasteiger partial charge in [-0.25, -0.2) is 0 Å². The first kappa shape index (κ1) is 18.9. The summed E-state index contributed by atoms with van der Waals surface area (Å²) in [6.07, 6.45) is 0. The van der Waals surface area contributed by atoms with Crippen molar-refractivity contribution in [3.8, 4) is 11.8 Å². The van der Waals surface area contributed by atoms with Gasteiger partial charge in [0.2, 0.25) is 0 Å². The molecule has 1 atom stereocenters. The molecule has 1 heterocycles. The molecule has 0 aliphatic carbocycles. The zero-order chi connectivity index (χ0) is 18.9. The third-order valence-electron chi connectivity index (χ3n) is 4.43. The average Bonchev–Trinajstić information content (AvgIpc) is 2.73. The molecule has 1 saturated heterocycles. The normalized spacial score (nSPS) is 15.5. The number of rotatable bonds is 7. The highest BCUT2D eigenvalue weighted by Gasteiger charge is 2.20. The molecule has 6 heteroatoms. The van der Waals surface area contributed by atoms with E-state index in [0.717, 1.165) is 38.4 Å². The number of morpholine rings is 1. The van der Waals surface area contributed by atoms with Crippen LogP contribution in [0.5, 0.6) is 5.75 Å². The molecule has 1 N–H and O–H groups in total. The number of amides is 1. The lowest BCUT2D eigenvalue weighted by atomic mass is 10.1. The Balaban J connectivity index is 1.58. The van der Waals surface area contributed by atoms with Gasteiger partial charge in [0.05, 0.1) is 30.9 Å². The van der Waals surface area contributed by atoms with Gasteiger partial charge in [0.25, 0.3) is 5.91 Å². The van der Waals surface area contributed by atoms with Crippen LogP contribution in [0.15, 0.2) is 54.6 Å². The molecule has 3 rings (SSSR count). The highest BCUT2D eigenvalue weighted by Crippen LogP contribution is 2.16. The monoisotopic (exact) mass is 365 g/mol. The Labute approximate surface area is 159 Å². The van der Waals surface area contributed by atoms with E-state index >= 15 is 0 Å². The van der Waals surface area contributed by atoms with E-state index in [9.17, 15) is 4.79 Å². The minimum atomic E-state index is -0.179. The van der Waals surface area contributed by atoms with Crippen molar-refractivity contribution in [2.75, 3.05) is 39.5 Å². The maximum atomic E-state index is 12.4. The van der Waals surface area contributed by atoms with E-state index in [2.05, 4.69) is 16.3 Å². The number of hydrogen-bond donors (Lipinski definition) is 1. The van der Waals surface area contributed by atoms with Crippen LogP contribution in [0.4, 0.5) is 0 Å². The second kappa shape index (κ2) is 9.72. The van der Waals surface area contributed by atoms with Gasteiger partial charge in [0, 0.05) is 19.6 Å². The molecule has 2 aromatic carbocycles. The van der Waals surface area contributed by atoms with E-state index in [0.29, 0.717) is 11.3 Å². The maximum Gasteiger partial charge on any atom is 0.258 e. The third kappa shape index (κ3) is 5.81. The van der Waals surface area contributed by atoms with Crippen molar-refractivity contribution in [1.82, 2.24) is 10.2 Å². The molecule has 1 aliphatic heterocycles. The van der Waals surface area contributed by atoms with Gasteiger partial charge >= 0.3 is 0 Å². The summed E-state index contributed by atoms with van der Waals surface area (Å²) in [6, 6.07) is 18.6. The molecule has 1 aliphatic rings. The van der Waals surface area contributed by atoms with E-state index in [1.807, 2.05) is 30.3 Å². The summed E-state index contributed by atoms with van der Waals surface area (Å²) < 4.78 is 10.9. The van der Waals surface area contributed by atoms with Crippen LogP contribution in [0.25, 0.3) is 0 Å². The van der Waals surface area contributed by atoms with Crippen LogP contribution in [0.2, 0.25) is 0 Å². The summed E-state index contributed by atoms with van der Waals surface area (Å²) in [7, 11) is 0. The first-order valence-corrected chi connectivity index (χ1v) is 9.02. The van der Waals surface area contributed by atoms with Crippen LogP contribution in [0.1, 0.15) is 17.2 Å². The van der Waals surface area contributed by atoms with Crippen molar-refractivity contribution in [2.45, 2.75) is 6.04 Å². The summed E-state index contributed by atoms with van der Waals surface area (Å²) in [5.74, 6) is 0.384. The largest absolute Gasteiger partial charge is 0.484 e. The molecule has 6 nitrogen and oxygen atoms in total. The van der Waals surface area contributed by atoms with E-state index in [1.54, 1.807) is 24.3 Å². The van der Waals surface area contributed by atoms with Crippen LogP contribution in [0, 0.1) is 11.3 Å². The predicted octanol–water partition coefficient (Wildman–Crippen LogP) is 2.13. The zero-order valence-electron chi connectivity index (χ0n) is 15.1. The molecule has 27 heavy (non-hydrogen) atoms. The standard InChI is InChI=1S/C21H23N3O3/c22-14-17-6-8-19(9-7-17)27-16-21(25)23-20(18-4-2-1-3-5-18)15-24-10-12-26-13-11-24/h1-9,20H,10-13,15-16H2,(H,23,25)/t20-/m1/s1. The number of nitriles is 1. The van der Waals surface area contributed by atoms with Gasteiger partial charge in [-0.2, -0.15) is 5.26 Å². The van der Waals surface area contributed by atoms with Crippen molar-refractivity contribution < 1.29 is 14.3 Å². The lowest BCUT2D eigenvalue weighted by Gasteiger charge is -2.31. The van der Waals surface area contributed by atoms with Gasteiger partial charge in [-0.3, -0.25) is 9.69 Å².